The summed E-state index contributed by atoms with van der Waals surface area (Å²) in [6.45, 7) is 2.06. The summed E-state index contributed by atoms with van der Waals surface area (Å²) >= 11 is 0. The van der Waals surface area contributed by atoms with E-state index in [4.69, 9.17) is 9.72 Å². The molecule has 0 aliphatic heterocycles. The fraction of sp³-hybridized carbons (Fsp3) is 0.421. The molecule has 6 nitrogen and oxygen atoms in total. The normalized spacial score (nSPS) is 13.8. The van der Waals surface area contributed by atoms with Crippen molar-refractivity contribution < 1.29 is 4.74 Å². The largest absolute Gasteiger partial charge is 0.382 e. The van der Waals surface area contributed by atoms with Gasteiger partial charge in [0.1, 0.15) is 5.69 Å². The third-order valence-electron chi connectivity index (χ3n) is 4.69. The molecule has 0 atom stereocenters. The van der Waals surface area contributed by atoms with Gasteiger partial charge in [-0.05, 0) is 37.3 Å². The van der Waals surface area contributed by atoms with Gasteiger partial charge in [0.25, 0.3) is 0 Å². The SMILES string of the molecule is COCc1cn(CCNc2c3c(nc4ccccc24)CCCC3)nn1. The van der Waals surface area contributed by atoms with Crippen LogP contribution in [0.4, 0.5) is 5.69 Å². The molecule has 0 saturated heterocycles. The average Bonchev–Trinajstić information content (AvgIpc) is 3.09. The van der Waals surface area contributed by atoms with E-state index in [0.717, 1.165) is 37.1 Å². The first-order valence-corrected chi connectivity index (χ1v) is 8.87. The molecular formula is C19H23N5O. The van der Waals surface area contributed by atoms with Crippen molar-refractivity contribution in [2.45, 2.75) is 38.8 Å². The first kappa shape index (κ1) is 16.0. The summed E-state index contributed by atoms with van der Waals surface area (Å²) in [5, 5.41) is 13.1. The number of hydrogen-bond acceptors (Lipinski definition) is 5. The predicted octanol–water partition coefficient (Wildman–Crippen LogP) is 2.96. The van der Waals surface area contributed by atoms with Crippen LogP contribution < -0.4 is 5.32 Å². The first-order chi connectivity index (χ1) is 12.3. The van der Waals surface area contributed by atoms with Gasteiger partial charge in [0.15, 0.2) is 0 Å². The maximum Gasteiger partial charge on any atom is 0.108 e. The summed E-state index contributed by atoms with van der Waals surface area (Å²) < 4.78 is 6.95. The van der Waals surface area contributed by atoms with Gasteiger partial charge in [-0.3, -0.25) is 9.67 Å². The van der Waals surface area contributed by atoms with Crippen molar-refractivity contribution >= 4 is 16.6 Å². The number of para-hydroxylation sites is 1. The zero-order valence-corrected chi connectivity index (χ0v) is 14.5. The molecular weight excluding hydrogens is 314 g/mol. The molecule has 3 aromatic rings. The van der Waals surface area contributed by atoms with Crippen molar-refractivity contribution in [1.29, 1.82) is 0 Å². The molecule has 4 rings (SSSR count). The van der Waals surface area contributed by atoms with Crippen LogP contribution in [0, 0.1) is 0 Å². The number of aromatic nitrogens is 4. The molecule has 2 aromatic heterocycles. The second kappa shape index (κ2) is 7.19. The van der Waals surface area contributed by atoms with Gasteiger partial charge in [0, 0.05) is 30.4 Å². The number of methoxy groups -OCH3 is 1. The topological polar surface area (TPSA) is 64.9 Å². The summed E-state index contributed by atoms with van der Waals surface area (Å²) in [7, 11) is 1.66. The van der Waals surface area contributed by atoms with Gasteiger partial charge in [-0.2, -0.15) is 0 Å². The van der Waals surface area contributed by atoms with Gasteiger partial charge in [0.2, 0.25) is 0 Å². The van der Waals surface area contributed by atoms with Gasteiger partial charge >= 0.3 is 0 Å². The van der Waals surface area contributed by atoms with Crippen LogP contribution >= 0.6 is 0 Å². The van der Waals surface area contributed by atoms with Gasteiger partial charge in [-0.1, -0.05) is 23.4 Å². The van der Waals surface area contributed by atoms with E-state index < -0.39 is 0 Å². The molecule has 0 spiro atoms. The lowest BCUT2D eigenvalue weighted by atomic mass is 9.92. The number of nitrogens with one attached hydrogen (secondary N) is 1. The van der Waals surface area contributed by atoms with Crippen molar-refractivity contribution in [2.75, 3.05) is 19.0 Å². The average molecular weight is 337 g/mol. The monoisotopic (exact) mass is 337 g/mol. The van der Waals surface area contributed by atoms with Crippen molar-refractivity contribution in [1.82, 2.24) is 20.0 Å². The van der Waals surface area contributed by atoms with Crippen LogP contribution in [0.15, 0.2) is 30.5 Å². The van der Waals surface area contributed by atoms with Crippen LogP contribution in [0.3, 0.4) is 0 Å². The number of fused-ring (bicyclic) bond motifs is 2. The number of rotatable bonds is 6. The molecule has 0 unspecified atom stereocenters. The van der Waals surface area contributed by atoms with Gasteiger partial charge < -0.3 is 10.1 Å². The number of hydrogen-bond donors (Lipinski definition) is 1. The molecule has 1 aliphatic rings. The lowest BCUT2D eigenvalue weighted by Crippen LogP contribution is -2.15. The molecule has 0 radical (unpaired) electrons. The minimum Gasteiger partial charge on any atom is -0.382 e. The van der Waals surface area contributed by atoms with Gasteiger partial charge in [0.05, 0.1) is 24.9 Å². The van der Waals surface area contributed by atoms with Crippen molar-refractivity contribution in [3.63, 3.8) is 0 Å². The molecule has 0 bridgehead atoms. The van der Waals surface area contributed by atoms with E-state index >= 15 is 0 Å². The second-order valence-corrected chi connectivity index (χ2v) is 6.47. The van der Waals surface area contributed by atoms with E-state index in [9.17, 15) is 0 Å². The van der Waals surface area contributed by atoms with E-state index in [1.807, 2.05) is 10.9 Å². The Kier molecular flexibility index (Phi) is 4.61. The van der Waals surface area contributed by atoms with Gasteiger partial charge in [-0.25, -0.2) is 0 Å². The number of pyridine rings is 1. The standard InChI is InChI=1S/C19H23N5O/c1-25-13-14-12-24(23-22-14)11-10-20-19-15-6-2-4-8-17(15)21-18-9-5-3-7-16(18)19/h2,4,6,8,12H,3,5,7,9-11,13H2,1H3,(H,20,21). The van der Waals surface area contributed by atoms with Crippen LogP contribution in [0.1, 0.15) is 29.8 Å². The predicted molar refractivity (Wildman–Crippen MR) is 97.6 cm³/mol. The summed E-state index contributed by atoms with van der Waals surface area (Å²) in [5.41, 5.74) is 5.83. The Morgan fingerprint density at radius 2 is 2.08 bits per heavy atom. The smallest absolute Gasteiger partial charge is 0.108 e. The summed E-state index contributed by atoms with van der Waals surface area (Å²) in [6, 6.07) is 8.40. The molecule has 25 heavy (non-hydrogen) atoms. The van der Waals surface area contributed by atoms with Crippen molar-refractivity contribution in [3.8, 4) is 0 Å². The van der Waals surface area contributed by atoms with E-state index in [1.54, 1.807) is 7.11 Å². The zero-order chi connectivity index (χ0) is 17.1. The maximum atomic E-state index is 5.09. The minimum absolute atomic E-state index is 0.496. The molecule has 1 N–H and O–H groups in total. The highest BCUT2D eigenvalue weighted by atomic mass is 16.5. The Morgan fingerprint density at radius 3 is 3.00 bits per heavy atom. The third-order valence-corrected chi connectivity index (χ3v) is 4.69. The van der Waals surface area contributed by atoms with Crippen molar-refractivity contribution in [3.05, 3.63) is 47.4 Å². The fourth-order valence-electron chi connectivity index (χ4n) is 3.53. The van der Waals surface area contributed by atoms with Crippen LogP contribution in [-0.4, -0.2) is 33.6 Å². The molecule has 6 heteroatoms. The molecule has 0 fully saturated rings. The van der Waals surface area contributed by atoms with Crippen LogP contribution in [0.25, 0.3) is 10.9 Å². The van der Waals surface area contributed by atoms with E-state index in [0.29, 0.717) is 6.61 Å². The lowest BCUT2D eigenvalue weighted by molar-refractivity contribution is 0.181. The number of ether oxygens (including phenoxy) is 1. The molecule has 0 saturated carbocycles. The number of benzene rings is 1. The Hall–Kier alpha value is -2.47. The highest BCUT2D eigenvalue weighted by Crippen LogP contribution is 2.33. The van der Waals surface area contributed by atoms with E-state index in [1.165, 1.54) is 35.2 Å². The van der Waals surface area contributed by atoms with E-state index in [-0.39, 0.29) is 0 Å². The summed E-state index contributed by atoms with van der Waals surface area (Å²) in [5.74, 6) is 0. The summed E-state index contributed by atoms with van der Waals surface area (Å²) in [4.78, 5) is 4.88. The quantitative estimate of drug-likeness (QED) is 0.749. The van der Waals surface area contributed by atoms with E-state index in [2.05, 4.69) is 39.9 Å². The fourth-order valence-corrected chi connectivity index (χ4v) is 3.53. The second-order valence-electron chi connectivity index (χ2n) is 6.47. The number of aryl methyl sites for hydroxylation is 1. The maximum absolute atomic E-state index is 5.09. The summed E-state index contributed by atoms with van der Waals surface area (Å²) in [6.07, 6.45) is 6.60. The Morgan fingerprint density at radius 1 is 1.20 bits per heavy atom. The molecule has 1 aromatic carbocycles. The van der Waals surface area contributed by atoms with Gasteiger partial charge in [-0.15, -0.1) is 5.10 Å². The highest BCUT2D eigenvalue weighted by Gasteiger charge is 2.17. The lowest BCUT2D eigenvalue weighted by Gasteiger charge is -2.21. The zero-order valence-electron chi connectivity index (χ0n) is 14.5. The highest BCUT2D eigenvalue weighted by molar-refractivity contribution is 5.93. The molecule has 130 valence electrons. The molecule has 2 heterocycles. The van der Waals surface area contributed by atoms with Crippen LogP contribution in [0.5, 0.6) is 0 Å². The Bertz CT molecular complexity index is 873. The van der Waals surface area contributed by atoms with Crippen LogP contribution in [0.2, 0.25) is 0 Å². The molecule has 0 amide bonds. The third kappa shape index (κ3) is 3.35. The first-order valence-electron chi connectivity index (χ1n) is 8.87. The minimum atomic E-state index is 0.496. The number of anilines is 1. The van der Waals surface area contributed by atoms with Crippen molar-refractivity contribution in [2.24, 2.45) is 0 Å². The Balaban J connectivity index is 1.55. The Labute approximate surface area is 147 Å². The van der Waals surface area contributed by atoms with Crippen LogP contribution in [-0.2, 0) is 30.7 Å². The molecule has 1 aliphatic carbocycles. The number of nitrogens with zero attached hydrogens (tertiary/aromatic N) is 4.